The number of hydrogen-bond donors (Lipinski definition) is 3. The number of nitrogens with one attached hydrogen (secondary N) is 2. The van der Waals surface area contributed by atoms with Crippen molar-refractivity contribution in [2.45, 2.75) is 6.54 Å². The van der Waals surface area contributed by atoms with Crippen LogP contribution in [0.1, 0.15) is 5.56 Å². The van der Waals surface area contributed by atoms with Crippen molar-refractivity contribution < 1.29 is 13.5 Å². The van der Waals surface area contributed by atoms with Gasteiger partial charge < -0.3 is 10.4 Å². The summed E-state index contributed by atoms with van der Waals surface area (Å²) in [5.74, 6) is 0.0574. The predicted molar refractivity (Wildman–Crippen MR) is 85.4 cm³/mol. The molecule has 0 aromatic heterocycles. The molecule has 0 spiro atoms. The minimum Gasteiger partial charge on any atom is -0.506 e. The van der Waals surface area contributed by atoms with Crippen molar-refractivity contribution >= 4 is 33.0 Å². The van der Waals surface area contributed by atoms with Gasteiger partial charge in [-0.25, -0.2) is 8.42 Å². The molecule has 3 N–H and O–H groups in total. The number of anilines is 2. The van der Waals surface area contributed by atoms with E-state index in [1.165, 1.54) is 0 Å². The molecule has 0 fully saturated rings. The normalized spacial score (nSPS) is 11.1. The van der Waals surface area contributed by atoms with Gasteiger partial charge in [-0.05, 0) is 30.3 Å². The number of para-hydroxylation sites is 1. The van der Waals surface area contributed by atoms with Gasteiger partial charge in [-0.15, -0.1) is 0 Å². The molecule has 0 heterocycles. The highest BCUT2D eigenvalue weighted by atomic mass is 35.5. The van der Waals surface area contributed by atoms with Crippen LogP contribution >= 0.6 is 11.6 Å². The van der Waals surface area contributed by atoms with Crippen molar-refractivity contribution in [3.8, 4) is 5.75 Å². The molecule has 21 heavy (non-hydrogen) atoms. The number of hydrogen-bond acceptors (Lipinski definition) is 4. The molecule has 2 rings (SSSR count). The standard InChI is InChI=1S/C14H15ClN2O3S/c1-21(19,20)17-12-7-5-11(6-8-12)16-9-10-3-2-4-13(15)14(10)18/h2-8,16-18H,9H2,1H3. The Morgan fingerprint density at radius 3 is 2.33 bits per heavy atom. The third-order valence-corrected chi connectivity index (χ3v) is 3.65. The molecular formula is C14H15ClN2O3S. The second-order valence-corrected chi connectivity index (χ2v) is 6.71. The quantitative estimate of drug-likeness (QED) is 0.789. The zero-order chi connectivity index (χ0) is 15.5. The zero-order valence-corrected chi connectivity index (χ0v) is 12.9. The fourth-order valence-corrected chi connectivity index (χ4v) is 2.53. The Labute approximate surface area is 128 Å². The Morgan fingerprint density at radius 2 is 1.71 bits per heavy atom. The number of phenolic OH excluding ortho intramolecular Hbond substituents is 1. The molecule has 2 aromatic rings. The second-order valence-electron chi connectivity index (χ2n) is 4.55. The van der Waals surface area contributed by atoms with Crippen LogP contribution in [0.15, 0.2) is 42.5 Å². The molecule has 112 valence electrons. The Bertz CT molecular complexity index is 730. The lowest BCUT2D eigenvalue weighted by atomic mass is 10.2. The van der Waals surface area contributed by atoms with Crippen molar-refractivity contribution in [3.05, 3.63) is 53.1 Å². The molecular weight excluding hydrogens is 312 g/mol. The third kappa shape index (κ3) is 4.54. The predicted octanol–water partition coefficient (Wildman–Crippen LogP) is 3.03. The minimum atomic E-state index is -3.27. The van der Waals surface area contributed by atoms with Crippen LogP contribution < -0.4 is 10.0 Å². The fraction of sp³-hybridized carbons (Fsp3) is 0.143. The maximum absolute atomic E-state index is 11.1. The van der Waals surface area contributed by atoms with Gasteiger partial charge in [0.15, 0.2) is 0 Å². The molecule has 0 aliphatic carbocycles. The Balaban J connectivity index is 2.02. The van der Waals surface area contributed by atoms with E-state index in [0.717, 1.165) is 11.9 Å². The molecule has 0 aliphatic rings. The van der Waals surface area contributed by atoms with Crippen molar-refractivity contribution in [2.24, 2.45) is 0 Å². The summed E-state index contributed by atoms with van der Waals surface area (Å²) in [5, 5.41) is 13.2. The monoisotopic (exact) mass is 326 g/mol. The van der Waals surface area contributed by atoms with E-state index in [9.17, 15) is 13.5 Å². The average Bonchev–Trinajstić information content (AvgIpc) is 2.40. The van der Waals surface area contributed by atoms with Gasteiger partial charge in [-0.1, -0.05) is 23.7 Å². The molecule has 2 aromatic carbocycles. The van der Waals surface area contributed by atoms with E-state index in [-0.39, 0.29) is 5.75 Å². The van der Waals surface area contributed by atoms with Crippen LogP contribution in [-0.4, -0.2) is 19.8 Å². The first kappa shape index (κ1) is 15.5. The molecule has 0 aliphatic heterocycles. The highest BCUT2D eigenvalue weighted by Crippen LogP contribution is 2.27. The van der Waals surface area contributed by atoms with Gasteiger partial charge in [-0.2, -0.15) is 0 Å². The number of rotatable bonds is 5. The van der Waals surface area contributed by atoms with E-state index in [4.69, 9.17) is 11.6 Å². The van der Waals surface area contributed by atoms with Gasteiger partial charge >= 0.3 is 0 Å². The maximum atomic E-state index is 11.1. The first-order chi connectivity index (χ1) is 9.85. The van der Waals surface area contributed by atoms with Gasteiger partial charge in [0.05, 0.1) is 11.3 Å². The van der Waals surface area contributed by atoms with Crippen molar-refractivity contribution in [3.63, 3.8) is 0 Å². The number of halogens is 1. The van der Waals surface area contributed by atoms with E-state index in [1.54, 1.807) is 42.5 Å². The topological polar surface area (TPSA) is 78.4 Å². The molecule has 0 saturated carbocycles. The number of aromatic hydroxyl groups is 1. The summed E-state index contributed by atoms with van der Waals surface area (Å²) in [6.45, 7) is 0.408. The number of phenols is 1. The van der Waals surface area contributed by atoms with Crippen molar-refractivity contribution in [1.29, 1.82) is 0 Å². The largest absolute Gasteiger partial charge is 0.506 e. The maximum Gasteiger partial charge on any atom is 0.229 e. The highest BCUT2D eigenvalue weighted by molar-refractivity contribution is 7.92. The summed E-state index contributed by atoms with van der Waals surface area (Å²) in [4.78, 5) is 0. The Morgan fingerprint density at radius 1 is 1.10 bits per heavy atom. The third-order valence-electron chi connectivity index (χ3n) is 2.74. The fourth-order valence-electron chi connectivity index (χ4n) is 1.77. The van der Waals surface area contributed by atoms with E-state index >= 15 is 0 Å². The van der Waals surface area contributed by atoms with Crippen molar-refractivity contribution in [1.82, 2.24) is 0 Å². The van der Waals surface area contributed by atoms with Crippen LogP contribution in [0.5, 0.6) is 5.75 Å². The summed E-state index contributed by atoms with van der Waals surface area (Å²) in [6, 6.07) is 11.9. The van der Waals surface area contributed by atoms with Gasteiger partial charge in [0.1, 0.15) is 5.75 Å². The van der Waals surface area contributed by atoms with Gasteiger partial charge in [-0.3, -0.25) is 4.72 Å². The lowest BCUT2D eigenvalue weighted by Gasteiger charge is -2.10. The molecule has 0 bridgehead atoms. The van der Waals surface area contributed by atoms with Crippen LogP contribution in [0.2, 0.25) is 5.02 Å². The second kappa shape index (κ2) is 6.24. The van der Waals surface area contributed by atoms with Crippen LogP contribution in [-0.2, 0) is 16.6 Å². The van der Waals surface area contributed by atoms with Gasteiger partial charge in [0.2, 0.25) is 10.0 Å². The lowest BCUT2D eigenvalue weighted by Crippen LogP contribution is -2.09. The first-order valence-electron chi connectivity index (χ1n) is 6.13. The molecule has 0 amide bonds. The van der Waals surface area contributed by atoms with E-state index in [2.05, 4.69) is 10.0 Å². The molecule has 0 unspecified atom stereocenters. The highest BCUT2D eigenvalue weighted by Gasteiger charge is 2.05. The lowest BCUT2D eigenvalue weighted by molar-refractivity contribution is 0.469. The molecule has 7 heteroatoms. The summed E-state index contributed by atoms with van der Waals surface area (Å²) in [6.07, 6.45) is 1.10. The molecule has 0 radical (unpaired) electrons. The van der Waals surface area contributed by atoms with Crippen LogP contribution in [0.4, 0.5) is 11.4 Å². The first-order valence-corrected chi connectivity index (χ1v) is 8.40. The van der Waals surface area contributed by atoms with Gasteiger partial charge in [0, 0.05) is 23.5 Å². The average molecular weight is 327 g/mol. The van der Waals surface area contributed by atoms with Crippen LogP contribution in [0.25, 0.3) is 0 Å². The number of sulfonamides is 1. The Kier molecular flexibility index (Phi) is 4.59. The molecule has 0 atom stereocenters. The molecule has 0 saturated heterocycles. The smallest absolute Gasteiger partial charge is 0.229 e. The SMILES string of the molecule is CS(=O)(=O)Nc1ccc(NCc2cccc(Cl)c2O)cc1. The van der Waals surface area contributed by atoms with Gasteiger partial charge in [0.25, 0.3) is 0 Å². The molecule has 5 nitrogen and oxygen atoms in total. The van der Waals surface area contributed by atoms with Crippen LogP contribution in [0.3, 0.4) is 0 Å². The number of benzene rings is 2. The minimum absolute atomic E-state index is 0.0574. The Hall–Kier alpha value is -1.92. The van der Waals surface area contributed by atoms with Crippen molar-refractivity contribution in [2.75, 3.05) is 16.3 Å². The summed E-state index contributed by atoms with van der Waals surface area (Å²) < 4.78 is 24.6. The summed E-state index contributed by atoms with van der Waals surface area (Å²) >= 11 is 5.83. The summed E-state index contributed by atoms with van der Waals surface area (Å²) in [7, 11) is -3.27. The van der Waals surface area contributed by atoms with Crippen LogP contribution in [0, 0.1) is 0 Å². The van der Waals surface area contributed by atoms with E-state index in [1.807, 2.05) is 0 Å². The zero-order valence-electron chi connectivity index (χ0n) is 11.3. The summed E-state index contributed by atoms with van der Waals surface area (Å²) in [5.41, 5.74) is 1.97. The van der Waals surface area contributed by atoms with E-state index in [0.29, 0.717) is 22.8 Å². The van der Waals surface area contributed by atoms with E-state index < -0.39 is 10.0 Å².